The number of methoxy groups -OCH3 is 1. The van der Waals surface area contributed by atoms with Crippen LogP contribution in [0.4, 0.5) is 5.69 Å². The quantitative estimate of drug-likeness (QED) is 0.183. The van der Waals surface area contributed by atoms with Gasteiger partial charge in [0.1, 0.15) is 35.0 Å². The van der Waals surface area contributed by atoms with E-state index in [1.54, 1.807) is 48.5 Å². The molecule has 0 unspecified atom stereocenters. The van der Waals surface area contributed by atoms with Crippen LogP contribution in [0.1, 0.15) is 27.3 Å². The molecule has 1 heterocycles. The maximum absolute atomic E-state index is 12.6. The molecule has 0 aliphatic heterocycles. The molecule has 3 rings (SSSR count). The fraction of sp³-hybridized carbons (Fsp3) is 0.182. The van der Waals surface area contributed by atoms with Crippen LogP contribution in [0.2, 0.25) is 0 Å². The second-order valence-corrected chi connectivity index (χ2v) is 6.85. The molecule has 11 nitrogen and oxygen atoms in total. The van der Waals surface area contributed by atoms with E-state index in [0.29, 0.717) is 11.3 Å². The summed E-state index contributed by atoms with van der Waals surface area (Å²) < 4.78 is 11.9. The van der Waals surface area contributed by atoms with Crippen molar-refractivity contribution < 1.29 is 24.0 Å². The van der Waals surface area contributed by atoms with Crippen LogP contribution in [0.5, 0.6) is 11.5 Å². The molecule has 170 valence electrons. The minimum Gasteiger partial charge on any atom is -0.496 e. The van der Waals surface area contributed by atoms with Gasteiger partial charge in [0.15, 0.2) is 0 Å². The Bertz CT molecular complexity index is 1230. The van der Waals surface area contributed by atoms with Gasteiger partial charge in [-0.2, -0.15) is 10.2 Å². The average Bonchev–Trinajstić information content (AvgIpc) is 3.07. The number of nitrogens with one attached hydrogen (secondary N) is 1. The Morgan fingerprint density at radius 3 is 2.48 bits per heavy atom. The molecule has 3 aromatic rings. The Kier molecular flexibility index (Phi) is 7.13. The van der Waals surface area contributed by atoms with Gasteiger partial charge >= 0.3 is 11.7 Å². The van der Waals surface area contributed by atoms with Crippen LogP contribution in [-0.4, -0.2) is 39.9 Å². The molecule has 0 spiro atoms. The van der Waals surface area contributed by atoms with Gasteiger partial charge in [-0.25, -0.2) is 10.2 Å². The van der Waals surface area contributed by atoms with Crippen LogP contribution in [0.25, 0.3) is 0 Å². The summed E-state index contributed by atoms with van der Waals surface area (Å²) in [5.41, 5.74) is 3.41. The number of aromatic nitrogens is 2. The number of amides is 1. The fourth-order valence-corrected chi connectivity index (χ4v) is 3.10. The first kappa shape index (κ1) is 23.1. The van der Waals surface area contributed by atoms with E-state index >= 15 is 0 Å². The lowest BCUT2D eigenvalue weighted by Gasteiger charge is -2.10. The van der Waals surface area contributed by atoms with Crippen LogP contribution >= 0.6 is 0 Å². The molecule has 1 aromatic heterocycles. The van der Waals surface area contributed by atoms with Gasteiger partial charge in [-0.1, -0.05) is 24.3 Å². The minimum absolute atomic E-state index is 0.128. The van der Waals surface area contributed by atoms with Gasteiger partial charge in [-0.3, -0.25) is 19.6 Å². The topological polar surface area (TPSA) is 138 Å². The summed E-state index contributed by atoms with van der Waals surface area (Å²) in [6.45, 7) is 2.77. The Morgan fingerprint density at radius 2 is 1.82 bits per heavy atom. The third-order valence-corrected chi connectivity index (χ3v) is 4.66. The van der Waals surface area contributed by atoms with E-state index in [4.69, 9.17) is 9.47 Å². The first-order chi connectivity index (χ1) is 15.8. The van der Waals surface area contributed by atoms with Crippen molar-refractivity contribution in [2.75, 3.05) is 7.11 Å². The largest absolute Gasteiger partial charge is 0.496 e. The van der Waals surface area contributed by atoms with E-state index < -0.39 is 16.8 Å². The van der Waals surface area contributed by atoms with Crippen molar-refractivity contribution in [1.82, 2.24) is 15.2 Å². The lowest BCUT2D eigenvalue weighted by Crippen LogP contribution is -2.24. The van der Waals surface area contributed by atoms with Crippen molar-refractivity contribution in [2.24, 2.45) is 5.10 Å². The molecule has 0 radical (unpaired) electrons. The second-order valence-electron chi connectivity index (χ2n) is 6.85. The Labute approximate surface area is 188 Å². The molecule has 0 bridgehead atoms. The predicted octanol–water partition coefficient (Wildman–Crippen LogP) is 2.79. The zero-order valence-corrected chi connectivity index (χ0v) is 18.1. The lowest BCUT2D eigenvalue weighted by atomic mass is 10.2. The van der Waals surface area contributed by atoms with Gasteiger partial charge in [-0.15, -0.1) is 0 Å². The highest BCUT2D eigenvalue weighted by Gasteiger charge is 2.22. The smallest absolute Gasteiger partial charge is 0.347 e. The molecule has 0 saturated heterocycles. The minimum atomic E-state index is -0.608. The Hall–Kier alpha value is -4.54. The molecule has 11 heteroatoms. The number of para-hydroxylation sites is 2. The SMILES string of the molecule is COc1ccccc1C(=O)Oc1ccccc1C=NNC(=O)Cn1nc(C)c([N+](=O)[O-])c1C. The summed E-state index contributed by atoms with van der Waals surface area (Å²) in [7, 11) is 1.46. The van der Waals surface area contributed by atoms with Crippen molar-refractivity contribution in [2.45, 2.75) is 20.4 Å². The van der Waals surface area contributed by atoms with Gasteiger partial charge in [-0.05, 0) is 38.1 Å². The molecule has 0 saturated carbocycles. The van der Waals surface area contributed by atoms with E-state index in [2.05, 4.69) is 15.6 Å². The van der Waals surface area contributed by atoms with Crippen LogP contribution < -0.4 is 14.9 Å². The number of hydrazone groups is 1. The standard InChI is InChI=1S/C22H21N5O6/c1-14-21(27(30)31)15(2)26(25-14)13-20(28)24-23-12-16-8-4-6-10-18(16)33-22(29)17-9-5-7-11-19(17)32-3/h4-12H,13H2,1-3H3,(H,24,28). The number of esters is 1. The number of carbonyl (C=O) groups excluding carboxylic acids is 2. The fourth-order valence-electron chi connectivity index (χ4n) is 3.10. The molecule has 0 atom stereocenters. The van der Waals surface area contributed by atoms with Crippen LogP contribution in [0.15, 0.2) is 53.6 Å². The first-order valence-corrected chi connectivity index (χ1v) is 9.76. The van der Waals surface area contributed by atoms with Crippen LogP contribution in [-0.2, 0) is 11.3 Å². The molecular formula is C22H21N5O6. The number of ether oxygens (including phenoxy) is 2. The van der Waals surface area contributed by atoms with Gasteiger partial charge in [0, 0.05) is 5.56 Å². The number of nitrogens with zero attached hydrogens (tertiary/aromatic N) is 4. The summed E-state index contributed by atoms with van der Waals surface area (Å²) >= 11 is 0. The third-order valence-electron chi connectivity index (χ3n) is 4.66. The lowest BCUT2D eigenvalue weighted by molar-refractivity contribution is -0.386. The van der Waals surface area contributed by atoms with Crippen LogP contribution in [0.3, 0.4) is 0 Å². The molecule has 1 amide bonds. The first-order valence-electron chi connectivity index (χ1n) is 9.76. The van der Waals surface area contributed by atoms with E-state index in [0.717, 1.165) is 0 Å². The molecule has 0 aliphatic carbocycles. The summed E-state index contributed by atoms with van der Waals surface area (Å²) in [6.07, 6.45) is 1.33. The number of hydrogen-bond acceptors (Lipinski definition) is 8. The van der Waals surface area contributed by atoms with Crippen molar-refractivity contribution in [3.8, 4) is 11.5 Å². The Balaban J connectivity index is 1.68. The predicted molar refractivity (Wildman–Crippen MR) is 118 cm³/mol. The highest BCUT2D eigenvalue weighted by Crippen LogP contribution is 2.23. The van der Waals surface area contributed by atoms with Crippen molar-refractivity contribution in [3.05, 3.63) is 81.2 Å². The molecule has 0 aliphatic rings. The number of carbonyl (C=O) groups is 2. The number of nitro groups is 1. The second kappa shape index (κ2) is 10.2. The number of hydrogen-bond donors (Lipinski definition) is 1. The van der Waals surface area contributed by atoms with E-state index in [1.165, 1.54) is 31.9 Å². The van der Waals surface area contributed by atoms with Crippen molar-refractivity contribution in [1.29, 1.82) is 0 Å². The van der Waals surface area contributed by atoms with Crippen molar-refractivity contribution >= 4 is 23.8 Å². The van der Waals surface area contributed by atoms with Crippen LogP contribution in [0, 0.1) is 24.0 Å². The number of rotatable bonds is 8. The maximum atomic E-state index is 12.6. The highest BCUT2D eigenvalue weighted by molar-refractivity contribution is 5.95. The van der Waals surface area contributed by atoms with Gasteiger partial charge in [0.25, 0.3) is 5.91 Å². The van der Waals surface area contributed by atoms with Gasteiger partial charge in [0.05, 0.1) is 18.2 Å². The Morgan fingerprint density at radius 1 is 1.15 bits per heavy atom. The summed E-state index contributed by atoms with van der Waals surface area (Å²) in [5.74, 6) is -0.524. The number of aryl methyl sites for hydroxylation is 1. The van der Waals surface area contributed by atoms with Gasteiger partial charge in [0.2, 0.25) is 0 Å². The van der Waals surface area contributed by atoms with E-state index in [9.17, 15) is 19.7 Å². The summed E-state index contributed by atoms with van der Waals surface area (Å²) in [4.78, 5) is 35.3. The zero-order chi connectivity index (χ0) is 24.0. The van der Waals surface area contributed by atoms with Gasteiger partial charge < -0.3 is 9.47 Å². The van der Waals surface area contributed by atoms with Crippen molar-refractivity contribution in [3.63, 3.8) is 0 Å². The normalized spacial score (nSPS) is 10.8. The summed E-state index contributed by atoms with van der Waals surface area (Å²) in [6, 6.07) is 13.3. The monoisotopic (exact) mass is 451 g/mol. The number of benzene rings is 2. The molecule has 0 fully saturated rings. The van der Waals surface area contributed by atoms with E-state index in [1.807, 2.05) is 0 Å². The highest BCUT2D eigenvalue weighted by atomic mass is 16.6. The molecule has 1 N–H and O–H groups in total. The maximum Gasteiger partial charge on any atom is 0.347 e. The molecular weight excluding hydrogens is 430 g/mol. The molecule has 33 heavy (non-hydrogen) atoms. The summed E-state index contributed by atoms with van der Waals surface area (Å²) in [5, 5.41) is 19.0. The average molecular weight is 451 g/mol. The van der Waals surface area contributed by atoms with E-state index in [-0.39, 0.29) is 34.9 Å². The molecule has 2 aromatic carbocycles. The third kappa shape index (κ3) is 5.39. The zero-order valence-electron chi connectivity index (χ0n) is 18.1.